The van der Waals surface area contributed by atoms with Crippen molar-refractivity contribution in [3.63, 3.8) is 0 Å². The highest BCUT2D eigenvalue weighted by Crippen LogP contribution is 2.25. The molecule has 2 amide bonds. The summed E-state index contributed by atoms with van der Waals surface area (Å²) < 4.78 is 5.32. The fraction of sp³-hybridized carbons (Fsp3) is 0.533. The average Bonchev–Trinajstić information content (AvgIpc) is 2.91. The van der Waals surface area contributed by atoms with Gasteiger partial charge >= 0.3 is 0 Å². The predicted molar refractivity (Wildman–Crippen MR) is 76.5 cm³/mol. The third kappa shape index (κ3) is 3.21. The van der Waals surface area contributed by atoms with Crippen LogP contribution >= 0.6 is 0 Å². The van der Waals surface area contributed by atoms with Crippen molar-refractivity contribution in [2.24, 2.45) is 5.92 Å². The average molecular weight is 289 g/mol. The van der Waals surface area contributed by atoms with Gasteiger partial charge in [-0.15, -0.1) is 0 Å². The highest BCUT2D eigenvalue weighted by atomic mass is 16.5. The summed E-state index contributed by atoms with van der Waals surface area (Å²) >= 11 is 0. The van der Waals surface area contributed by atoms with Gasteiger partial charge in [-0.2, -0.15) is 0 Å². The molecule has 1 N–H and O–H groups in total. The molecule has 1 aromatic rings. The van der Waals surface area contributed by atoms with Crippen LogP contribution in [0.2, 0.25) is 0 Å². The van der Waals surface area contributed by atoms with E-state index in [-0.39, 0.29) is 23.8 Å². The van der Waals surface area contributed by atoms with Crippen molar-refractivity contribution >= 4 is 17.5 Å². The van der Waals surface area contributed by atoms with Gasteiger partial charge in [0.15, 0.2) is 0 Å². The molecule has 0 unspecified atom stereocenters. The maximum absolute atomic E-state index is 12.2. The second-order valence-electron chi connectivity index (χ2n) is 5.52. The number of carbonyl (C=O) groups is 2. The number of nitrogens with zero attached hydrogens (tertiary/aromatic N) is 2. The molecule has 21 heavy (non-hydrogen) atoms. The zero-order chi connectivity index (χ0) is 14.7. The molecule has 0 spiro atoms. The minimum atomic E-state index is -0.277. The van der Waals surface area contributed by atoms with Crippen molar-refractivity contribution in [3.05, 3.63) is 24.5 Å². The van der Waals surface area contributed by atoms with Gasteiger partial charge in [0.25, 0.3) is 0 Å². The quantitative estimate of drug-likeness (QED) is 0.902. The molecule has 1 aromatic heterocycles. The monoisotopic (exact) mass is 289 g/mol. The largest absolute Gasteiger partial charge is 0.381 e. The third-order valence-corrected chi connectivity index (χ3v) is 4.09. The number of rotatable bonds is 3. The topological polar surface area (TPSA) is 71.5 Å². The van der Waals surface area contributed by atoms with E-state index in [2.05, 4.69) is 10.3 Å². The number of nitrogens with one attached hydrogen (secondary N) is 1. The number of ether oxygens (including phenoxy) is 1. The van der Waals surface area contributed by atoms with Crippen LogP contribution in [0.3, 0.4) is 0 Å². The van der Waals surface area contributed by atoms with Crippen LogP contribution in [0.25, 0.3) is 0 Å². The van der Waals surface area contributed by atoms with E-state index in [0.717, 1.165) is 12.8 Å². The highest BCUT2D eigenvalue weighted by molar-refractivity contribution is 5.97. The Labute approximate surface area is 123 Å². The molecule has 6 heteroatoms. The summed E-state index contributed by atoms with van der Waals surface area (Å²) in [6, 6.07) is 3.78. The Morgan fingerprint density at radius 2 is 2.19 bits per heavy atom. The lowest BCUT2D eigenvalue weighted by Crippen LogP contribution is -2.41. The SMILES string of the molecule is O=C(Nc1cccnc1)[C@H]1CC(=O)N(C2CCOCC2)C1. The molecule has 0 aromatic carbocycles. The number of amides is 2. The second-order valence-corrected chi connectivity index (χ2v) is 5.52. The van der Waals surface area contributed by atoms with Gasteiger partial charge in [-0.3, -0.25) is 14.6 Å². The molecule has 2 saturated heterocycles. The van der Waals surface area contributed by atoms with E-state index in [9.17, 15) is 9.59 Å². The molecular formula is C15H19N3O3. The molecule has 0 saturated carbocycles. The number of pyridine rings is 1. The van der Waals surface area contributed by atoms with Gasteiger partial charge in [0.05, 0.1) is 17.8 Å². The molecule has 1 atom stereocenters. The minimum absolute atomic E-state index is 0.0771. The summed E-state index contributed by atoms with van der Waals surface area (Å²) in [5.41, 5.74) is 0.666. The van der Waals surface area contributed by atoms with Gasteiger partial charge < -0.3 is 15.0 Å². The van der Waals surface area contributed by atoms with Crippen LogP contribution in [0.15, 0.2) is 24.5 Å². The lowest BCUT2D eigenvalue weighted by Gasteiger charge is -2.31. The van der Waals surface area contributed by atoms with Gasteiger partial charge in [-0.25, -0.2) is 0 Å². The molecule has 2 fully saturated rings. The normalized spacial score (nSPS) is 23.3. The number of aromatic nitrogens is 1. The van der Waals surface area contributed by atoms with E-state index in [1.807, 2.05) is 4.90 Å². The van der Waals surface area contributed by atoms with Crippen LogP contribution < -0.4 is 5.32 Å². The fourth-order valence-electron chi connectivity index (χ4n) is 2.94. The Bertz CT molecular complexity index is 514. The summed E-state index contributed by atoms with van der Waals surface area (Å²) in [6.45, 7) is 1.90. The van der Waals surface area contributed by atoms with Crippen molar-refractivity contribution in [3.8, 4) is 0 Å². The standard InChI is InChI=1S/C15H19N3O3/c19-14-8-11(10-18(14)13-3-6-21-7-4-13)15(20)17-12-2-1-5-16-9-12/h1-2,5,9,11,13H,3-4,6-8,10H2,(H,17,20)/t11-/m0/s1. The molecule has 6 nitrogen and oxygen atoms in total. The summed E-state index contributed by atoms with van der Waals surface area (Å²) in [4.78, 5) is 30.2. The summed E-state index contributed by atoms with van der Waals surface area (Å²) in [5, 5.41) is 2.82. The smallest absolute Gasteiger partial charge is 0.229 e. The summed E-state index contributed by atoms with van der Waals surface area (Å²) in [5.74, 6) is -0.306. The zero-order valence-corrected chi connectivity index (χ0v) is 11.8. The van der Waals surface area contributed by atoms with Crippen molar-refractivity contribution < 1.29 is 14.3 Å². The molecule has 0 aliphatic carbocycles. The number of carbonyl (C=O) groups excluding carboxylic acids is 2. The first-order chi connectivity index (χ1) is 10.2. The molecule has 0 radical (unpaired) electrons. The van der Waals surface area contributed by atoms with Crippen molar-refractivity contribution in [1.29, 1.82) is 0 Å². The molecule has 3 rings (SSSR count). The van der Waals surface area contributed by atoms with Crippen LogP contribution in [-0.4, -0.2) is 47.5 Å². The minimum Gasteiger partial charge on any atom is -0.381 e. The summed E-state index contributed by atoms with van der Waals surface area (Å²) in [7, 11) is 0. The van der Waals surface area contributed by atoms with E-state index in [4.69, 9.17) is 4.74 Å². The molecular weight excluding hydrogens is 270 g/mol. The number of likely N-dealkylation sites (tertiary alicyclic amines) is 1. The Kier molecular flexibility index (Phi) is 4.15. The first-order valence-corrected chi connectivity index (χ1v) is 7.32. The zero-order valence-electron chi connectivity index (χ0n) is 11.8. The van der Waals surface area contributed by atoms with Gasteiger partial charge in [0.2, 0.25) is 11.8 Å². The third-order valence-electron chi connectivity index (χ3n) is 4.09. The van der Waals surface area contributed by atoms with Crippen LogP contribution in [-0.2, 0) is 14.3 Å². The van der Waals surface area contributed by atoms with E-state index in [0.29, 0.717) is 31.9 Å². The number of hydrogen-bond donors (Lipinski definition) is 1. The number of anilines is 1. The van der Waals surface area contributed by atoms with Crippen LogP contribution in [0.5, 0.6) is 0 Å². The lowest BCUT2D eigenvalue weighted by atomic mass is 10.1. The van der Waals surface area contributed by atoms with Crippen molar-refractivity contribution in [1.82, 2.24) is 9.88 Å². The first-order valence-electron chi connectivity index (χ1n) is 7.32. The predicted octanol–water partition coefficient (Wildman–Crippen LogP) is 1.05. The van der Waals surface area contributed by atoms with E-state index in [1.54, 1.807) is 24.5 Å². The van der Waals surface area contributed by atoms with Crippen LogP contribution in [0.1, 0.15) is 19.3 Å². The second kappa shape index (κ2) is 6.22. The maximum Gasteiger partial charge on any atom is 0.229 e. The maximum atomic E-state index is 12.2. The Morgan fingerprint density at radius 3 is 2.90 bits per heavy atom. The van der Waals surface area contributed by atoms with Gasteiger partial charge in [-0.1, -0.05) is 0 Å². The Morgan fingerprint density at radius 1 is 1.38 bits per heavy atom. The summed E-state index contributed by atoms with van der Waals surface area (Å²) in [6.07, 6.45) is 5.28. The van der Waals surface area contributed by atoms with Crippen LogP contribution in [0, 0.1) is 5.92 Å². The van der Waals surface area contributed by atoms with E-state index < -0.39 is 0 Å². The number of hydrogen-bond acceptors (Lipinski definition) is 4. The Balaban J connectivity index is 1.60. The van der Waals surface area contributed by atoms with Crippen molar-refractivity contribution in [2.75, 3.05) is 25.1 Å². The molecule has 112 valence electrons. The van der Waals surface area contributed by atoms with E-state index in [1.165, 1.54) is 0 Å². The lowest BCUT2D eigenvalue weighted by molar-refractivity contribution is -0.131. The Hall–Kier alpha value is -1.95. The molecule has 3 heterocycles. The van der Waals surface area contributed by atoms with Crippen molar-refractivity contribution in [2.45, 2.75) is 25.3 Å². The van der Waals surface area contributed by atoms with Gasteiger partial charge in [-0.05, 0) is 25.0 Å². The molecule has 2 aliphatic heterocycles. The van der Waals surface area contributed by atoms with E-state index >= 15 is 0 Å². The molecule has 2 aliphatic rings. The highest BCUT2D eigenvalue weighted by Gasteiger charge is 2.38. The molecule has 0 bridgehead atoms. The van der Waals surface area contributed by atoms with Gasteiger partial charge in [0, 0.05) is 38.4 Å². The fourth-order valence-corrected chi connectivity index (χ4v) is 2.94. The van der Waals surface area contributed by atoms with Crippen LogP contribution in [0.4, 0.5) is 5.69 Å². The van der Waals surface area contributed by atoms with Gasteiger partial charge in [0.1, 0.15) is 0 Å². The first kappa shape index (κ1) is 14.0.